The Balaban J connectivity index is 2.34. The Bertz CT molecular complexity index is 960. The predicted molar refractivity (Wildman–Crippen MR) is 85.6 cm³/mol. The molecule has 3 aromatic rings. The molecule has 5 nitrogen and oxygen atoms in total. The number of H-pyrrole nitrogens is 1. The molecule has 1 heterocycles. The third-order valence-corrected chi connectivity index (χ3v) is 3.74. The number of benzene rings is 2. The summed E-state index contributed by atoms with van der Waals surface area (Å²) in [4.78, 5) is 27.3. The largest absolute Gasteiger partial charge is 0.479 e. The first-order valence-electron chi connectivity index (χ1n) is 6.61. The third kappa shape index (κ3) is 2.33. The molecule has 0 aliphatic heterocycles. The summed E-state index contributed by atoms with van der Waals surface area (Å²) in [7, 11) is 0. The van der Waals surface area contributed by atoms with Crippen molar-refractivity contribution in [1.82, 2.24) is 9.55 Å². The van der Waals surface area contributed by atoms with Crippen molar-refractivity contribution >= 4 is 29.1 Å². The number of carboxylic acids is 1. The number of fused-ring (bicyclic) bond motifs is 1. The number of para-hydroxylation sites is 1. The van der Waals surface area contributed by atoms with Crippen LogP contribution in [0.4, 0.5) is 0 Å². The molecule has 3 rings (SSSR count). The molecule has 22 heavy (non-hydrogen) atoms. The van der Waals surface area contributed by atoms with Gasteiger partial charge in [-0.2, -0.15) is 0 Å². The van der Waals surface area contributed by atoms with Crippen molar-refractivity contribution in [3.63, 3.8) is 0 Å². The Morgan fingerprint density at radius 2 is 1.73 bits per heavy atom. The van der Waals surface area contributed by atoms with Crippen LogP contribution in [0.2, 0.25) is 0 Å². The van der Waals surface area contributed by atoms with Gasteiger partial charge in [-0.1, -0.05) is 42.5 Å². The molecule has 1 atom stereocenters. The van der Waals surface area contributed by atoms with Crippen LogP contribution < -0.4 is 5.56 Å². The van der Waals surface area contributed by atoms with Crippen molar-refractivity contribution < 1.29 is 9.90 Å². The highest BCUT2D eigenvalue weighted by atomic mass is 32.1. The number of aromatic nitrogens is 2. The first-order valence-corrected chi connectivity index (χ1v) is 7.02. The van der Waals surface area contributed by atoms with Gasteiger partial charge in [0.05, 0.1) is 10.9 Å². The second-order valence-electron chi connectivity index (χ2n) is 4.80. The standard InChI is InChI=1S/C16H12N2O3S/c19-14-11-8-4-5-9-12(11)17-16(22)18(14)13(15(20)21)10-6-2-1-3-7-10/h1-9,13H,(H,17,22)(H,20,21). The van der Waals surface area contributed by atoms with Crippen LogP contribution in [0, 0.1) is 4.77 Å². The Morgan fingerprint density at radius 1 is 1.09 bits per heavy atom. The Kier molecular flexibility index (Phi) is 3.60. The highest BCUT2D eigenvalue weighted by Crippen LogP contribution is 2.18. The number of nitrogens with zero attached hydrogens (tertiary/aromatic N) is 1. The van der Waals surface area contributed by atoms with Crippen LogP contribution in [0.5, 0.6) is 0 Å². The van der Waals surface area contributed by atoms with Crippen LogP contribution in [-0.2, 0) is 4.79 Å². The minimum Gasteiger partial charge on any atom is -0.479 e. The van der Waals surface area contributed by atoms with Crippen molar-refractivity contribution in [3.05, 3.63) is 75.3 Å². The number of carbonyl (C=O) groups is 1. The van der Waals surface area contributed by atoms with Gasteiger partial charge in [0.15, 0.2) is 10.8 Å². The summed E-state index contributed by atoms with van der Waals surface area (Å²) in [5, 5.41) is 9.98. The van der Waals surface area contributed by atoms with E-state index in [-0.39, 0.29) is 4.77 Å². The molecule has 6 heteroatoms. The minimum atomic E-state index is -1.16. The predicted octanol–water partition coefficient (Wildman–Crippen LogP) is 2.73. The second kappa shape index (κ2) is 5.57. The van der Waals surface area contributed by atoms with Gasteiger partial charge in [-0.3, -0.25) is 9.36 Å². The average molecular weight is 312 g/mol. The van der Waals surface area contributed by atoms with Gasteiger partial charge in [-0.15, -0.1) is 0 Å². The van der Waals surface area contributed by atoms with Crippen LogP contribution in [0.15, 0.2) is 59.4 Å². The maximum Gasteiger partial charge on any atom is 0.331 e. The molecular formula is C16H12N2O3S. The van der Waals surface area contributed by atoms with Crippen LogP contribution in [0.1, 0.15) is 11.6 Å². The lowest BCUT2D eigenvalue weighted by Gasteiger charge is -2.16. The SMILES string of the molecule is O=C(O)C(c1ccccc1)n1c(=S)[nH]c2ccccc2c1=O. The highest BCUT2D eigenvalue weighted by molar-refractivity contribution is 7.71. The van der Waals surface area contributed by atoms with Gasteiger partial charge in [0.2, 0.25) is 0 Å². The molecule has 0 aliphatic carbocycles. The van der Waals surface area contributed by atoms with E-state index in [4.69, 9.17) is 12.2 Å². The molecular weight excluding hydrogens is 300 g/mol. The van der Waals surface area contributed by atoms with E-state index in [2.05, 4.69) is 4.98 Å². The fourth-order valence-corrected chi connectivity index (χ4v) is 2.75. The minimum absolute atomic E-state index is 0.0833. The van der Waals surface area contributed by atoms with Gasteiger partial charge < -0.3 is 10.1 Å². The van der Waals surface area contributed by atoms with E-state index < -0.39 is 17.6 Å². The number of hydrogen-bond donors (Lipinski definition) is 2. The summed E-state index contributed by atoms with van der Waals surface area (Å²) >= 11 is 5.21. The van der Waals surface area contributed by atoms with E-state index in [0.29, 0.717) is 16.5 Å². The molecule has 110 valence electrons. The zero-order chi connectivity index (χ0) is 15.7. The molecule has 0 saturated heterocycles. The van der Waals surface area contributed by atoms with Crippen molar-refractivity contribution in [2.24, 2.45) is 0 Å². The summed E-state index contributed by atoms with van der Waals surface area (Å²) in [5.74, 6) is -1.14. The molecule has 0 spiro atoms. The lowest BCUT2D eigenvalue weighted by Crippen LogP contribution is -2.32. The third-order valence-electron chi connectivity index (χ3n) is 3.44. The van der Waals surface area contributed by atoms with Crippen LogP contribution in [-0.4, -0.2) is 20.6 Å². The van der Waals surface area contributed by atoms with Crippen molar-refractivity contribution in [2.75, 3.05) is 0 Å². The Labute approximate surface area is 130 Å². The topological polar surface area (TPSA) is 75.1 Å². The van der Waals surface area contributed by atoms with Crippen molar-refractivity contribution in [3.8, 4) is 0 Å². The van der Waals surface area contributed by atoms with Gasteiger partial charge in [-0.05, 0) is 29.9 Å². The lowest BCUT2D eigenvalue weighted by molar-refractivity contribution is -0.139. The Hall–Kier alpha value is -2.73. The van der Waals surface area contributed by atoms with Crippen LogP contribution in [0.25, 0.3) is 10.9 Å². The van der Waals surface area contributed by atoms with Crippen molar-refractivity contribution in [2.45, 2.75) is 6.04 Å². The second-order valence-corrected chi connectivity index (χ2v) is 5.19. The molecule has 0 amide bonds. The van der Waals surface area contributed by atoms with E-state index >= 15 is 0 Å². The molecule has 0 bridgehead atoms. The molecule has 2 aromatic carbocycles. The summed E-state index contributed by atoms with van der Waals surface area (Å²) in [6, 6.07) is 14.3. The first kappa shape index (κ1) is 14.2. The summed E-state index contributed by atoms with van der Waals surface area (Å²) in [6.07, 6.45) is 0. The van der Waals surface area contributed by atoms with Gasteiger partial charge in [0, 0.05) is 0 Å². The molecule has 1 unspecified atom stereocenters. The number of hydrogen-bond acceptors (Lipinski definition) is 3. The maximum absolute atomic E-state index is 12.7. The average Bonchev–Trinajstić information content (AvgIpc) is 2.52. The van der Waals surface area contributed by atoms with Gasteiger partial charge in [0.25, 0.3) is 5.56 Å². The molecule has 0 radical (unpaired) electrons. The van der Waals surface area contributed by atoms with E-state index in [1.54, 1.807) is 54.6 Å². The fraction of sp³-hybridized carbons (Fsp3) is 0.0625. The van der Waals surface area contributed by atoms with E-state index in [0.717, 1.165) is 4.57 Å². The van der Waals surface area contributed by atoms with Gasteiger partial charge >= 0.3 is 5.97 Å². The summed E-state index contributed by atoms with van der Waals surface area (Å²) < 4.78 is 1.19. The van der Waals surface area contributed by atoms with E-state index in [1.165, 1.54) is 0 Å². The molecule has 0 fully saturated rings. The zero-order valence-corrected chi connectivity index (χ0v) is 12.2. The Morgan fingerprint density at radius 3 is 2.41 bits per heavy atom. The van der Waals surface area contributed by atoms with Gasteiger partial charge in [-0.25, -0.2) is 4.79 Å². The number of carboxylic acid groups (broad SMARTS) is 1. The van der Waals surface area contributed by atoms with Crippen LogP contribution >= 0.6 is 12.2 Å². The molecule has 0 aliphatic rings. The van der Waals surface area contributed by atoms with E-state index in [1.807, 2.05) is 0 Å². The smallest absolute Gasteiger partial charge is 0.331 e. The summed E-state index contributed by atoms with van der Waals surface area (Å²) in [5.41, 5.74) is 0.661. The number of aromatic amines is 1. The quantitative estimate of drug-likeness (QED) is 0.729. The fourth-order valence-electron chi connectivity index (χ4n) is 2.45. The monoisotopic (exact) mass is 312 g/mol. The lowest BCUT2D eigenvalue weighted by atomic mass is 10.1. The van der Waals surface area contributed by atoms with Crippen LogP contribution in [0.3, 0.4) is 0 Å². The molecule has 1 aromatic heterocycles. The number of aliphatic carboxylic acids is 1. The number of nitrogens with one attached hydrogen (secondary N) is 1. The van der Waals surface area contributed by atoms with E-state index in [9.17, 15) is 14.7 Å². The zero-order valence-electron chi connectivity index (χ0n) is 11.4. The normalized spacial score (nSPS) is 12.2. The molecule has 2 N–H and O–H groups in total. The number of rotatable bonds is 3. The summed E-state index contributed by atoms with van der Waals surface area (Å²) in [6.45, 7) is 0. The highest BCUT2D eigenvalue weighted by Gasteiger charge is 2.24. The molecule has 0 saturated carbocycles. The maximum atomic E-state index is 12.7. The first-order chi connectivity index (χ1) is 10.6. The van der Waals surface area contributed by atoms with Gasteiger partial charge in [0.1, 0.15) is 0 Å². The van der Waals surface area contributed by atoms with Crippen molar-refractivity contribution in [1.29, 1.82) is 0 Å².